The van der Waals surface area contributed by atoms with Crippen molar-refractivity contribution in [2.45, 2.75) is 36.0 Å². The number of para-hydroxylation sites is 1. The van der Waals surface area contributed by atoms with Crippen molar-refractivity contribution in [2.24, 2.45) is 0 Å². The van der Waals surface area contributed by atoms with Gasteiger partial charge in [0.1, 0.15) is 12.1 Å². The summed E-state index contributed by atoms with van der Waals surface area (Å²) < 4.78 is 78.3. The number of carbonyl (C=O) groups excluding carboxylic acids is 2. The van der Waals surface area contributed by atoms with Crippen molar-refractivity contribution in [1.82, 2.24) is 14.5 Å². The topological polar surface area (TPSA) is 108 Å². The van der Waals surface area contributed by atoms with E-state index >= 15 is 0 Å². The molecule has 3 aliphatic rings. The van der Waals surface area contributed by atoms with E-state index < -0.39 is 32.2 Å². The number of fused-ring (bicyclic) bond motifs is 1. The summed E-state index contributed by atoms with van der Waals surface area (Å²) in [4.78, 5) is 29.8. The van der Waals surface area contributed by atoms with E-state index in [2.05, 4.69) is 5.32 Å². The molecule has 0 radical (unpaired) electrons. The minimum absolute atomic E-state index is 0.0855. The number of halogens is 3. The van der Waals surface area contributed by atoms with Gasteiger partial charge in [0.05, 0.1) is 17.1 Å². The van der Waals surface area contributed by atoms with E-state index in [9.17, 15) is 31.2 Å². The van der Waals surface area contributed by atoms with Crippen LogP contribution in [-0.4, -0.2) is 68.1 Å². The number of nitrogens with zero attached hydrogens (tertiary/aromatic N) is 3. The van der Waals surface area contributed by atoms with E-state index in [0.29, 0.717) is 17.6 Å². The normalized spacial score (nSPS) is 18.2. The Labute approximate surface area is 252 Å². The first-order valence-electron chi connectivity index (χ1n) is 13.9. The maximum atomic E-state index is 14.0. The standard InChI is InChI=1S/C30H29F3N4O6S/c31-30(32,33)22-5-4-8-24(16-22)44(40,41)36-13-11-29(12-14-36)28(39)35(19-37(29)23-6-2-1-3-7-23)18-27(38)34-17-21-9-10-25-26(15-21)43-20-42-25/h1-10,15-16H,11-14,17-20H2,(H,34,38). The molecule has 0 unspecified atom stereocenters. The minimum Gasteiger partial charge on any atom is -0.454 e. The first kappa shape index (κ1) is 29.8. The van der Waals surface area contributed by atoms with Crippen molar-refractivity contribution in [3.8, 4) is 11.5 Å². The minimum atomic E-state index is -4.69. The fraction of sp³-hybridized carbons (Fsp3) is 0.333. The van der Waals surface area contributed by atoms with Crippen LogP contribution >= 0.6 is 0 Å². The lowest BCUT2D eigenvalue weighted by molar-refractivity contribution is -0.137. The van der Waals surface area contributed by atoms with Crippen LogP contribution in [0.1, 0.15) is 24.0 Å². The molecule has 232 valence electrons. The average Bonchev–Trinajstić information content (AvgIpc) is 3.59. The maximum absolute atomic E-state index is 14.0. The predicted molar refractivity (Wildman–Crippen MR) is 152 cm³/mol. The Morgan fingerprint density at radius 2 is 1.66 bits per heavy atom. The van der Waals surface area contributed by atoms with Gasteiger partial charge in [0.2, 0.25) is 28.6 Å². The summed E-state index contributed by atoms with van der Waals surface area (Å²) in [6, 6.07) is 18.1. The molecule has 3 aromatic carbocycles. The first-order valence-corrected chi connectivity index (χ1v) is 15.4. The summed E-state index contributed by atoms with van der Waals surface area (Å²) in [5.41, 5.74) is -0.648. The van der Waals surface area contributed by atoms with E-state index in [1.807, 2.05) is 41.3 Å². The highest BCUT2D eigenvalue weighted by molar-refractivity contribution is 7.89. The van der Waals surface area contributed by atoms with Gasteiger partial charge in [-0.15, -0.1) is 0 Å². The van der Waals surface area contributed by atoms with E-state index in [4.69, 9.17) is 9.47 Å². The number of piperidine rings is 1. The van der Waals surface area contributed by atoms with Crippen LogP contribution in [0.5, 0.6) is 11.5 Å². The molecule has 2 fully saturated rings. The Morgan fingerprint density at radius 3 is 2.39 bits per heavy atom. The molecule has 6 rings (SSSR count). The van der Waals surface area contributed by atoms with E-state index in [1.54, 1.807) is 12.1 Å². The van der Waals surface area contributed by atoms with Gasteiger partial charge < -0.3 is 24.6 Å². The van der Waals surface area contributed by atoms with Crippen molar-refractivity contribution >= 4 is 27.5 Å². The summed E-state index contributed by atoms with van der Waals surface area (Å²) in [5, 5.41) is 2.83. The van der Waals surface area contributed by atoms with Gasteiger partial charge in [-0.3, -0.25) is 9.59 Å². The van der Waals surface area contributed by atoms with Crippen LogP contribution in [0.2, 0.25) is 0 Å². The van der Waals surface area contributed by atoms with Crippen LogP contribution in [-0.2, 0) is 32.3 Å². The number of rotatable bonds is 7. The summed E-state index contributed by atoms with van der Waals surface area (Å²) in [7, 11) is -4.25. The Hall–Kier alpha value is -4.30. The molecular formula is C30H29F3N4O6S. The van der Waals surface area contributed by atoms with Crippen LogP contribution < -0.4 is 19.7 Å². The number of sulfonamides is 1. The molecule has 2 amide bonds. The molecule has 0 bridgehead atoms. The van der Waals surface area contributed by atoms with Gasteiger partial charge in [-0.05, 0) is 60.9 Å². The third kappa shape index (κ3) is 5.54. The van der Waals surface area contributed by atoms with E-state index in [0.717, 1.165) is 33.8 Å². The van der Waals surface area contributed by atoms with E-state index in [-0.39, 0.29) is 64.3 Å². The second kappa shape index (κ2) is 11.3. The predicted octanol–water partition coefficient (Wildman–Crippen LogP) is 3.58. The van der Waals surface area contributed by atoms with Crippen molar-refractivity contribution in [3.05, 3.63) is 83.9 Å². The van der Waals surface area contributed by atoms with Gasteiger partial charge in [-0.1, -0.05) is 30.3 Å². The Bertz CT molecular complexity index is 1680. The molecule has 3 heterocycles. The van der Waals surface area contributed by atoms with Crippen LogP contribution in [0.15, 0.2) is 77.7 Å². The van der Waals surface area contributed by atoms with Gasteiger partial charge >= 0.3 is 6.18 Å². The van der Waals surface area contributed by atoms with Gasteiger partial charge in [0, 0.05) is 25.3 Å². The lowest BCUT2D eigenvalue weighted by Crippen LogP contribution is -2.57. The number of anilines is 1. The highest BCUT2D eigenvalue weighted by atomic mass is 32.2. The van der Waals surface area contributed by atoms with Crippen LogP contribution in [0.4, 0.5) is 18.9 Å². The monoisotopic (exact) mass is 630 g/mol. The molecule has 0 saturated carbocycles. The molecule has 0 aromatic heterocycles. The lowest BCUT2D eigenvalue weighted by atomic mass is 9.86. The second-order valence-electron chi connectivity index (χ2n) is 10.8. The highest BCUT2D eigenvalue weighted by Crippen LogP contribution is 2.41. The van der Waals surface area contributed by atoms with E-state index in [1.165, 1.54) is 4.90 Å². The fourth-order valence-electron chi connectivity index (χ4n) is 5.88. The second-order valence-corrected chi connectivity index (χ2v) is 12.8. The van der Waals surface area contributed by atoms with Crippen molar-refractivity contribution in [3.63, 3.8) is 0 Å². The number of benzene rings is 3. The largest absolute Gasteiger partial charge is 0.454 e. The summed E-state index contributed by atoms with van der Waals surface area (Å²) >= 11 is 0. The molecule has 3 aliphatic heterocycles. The van der Waals surface area contributed by atoms with Crippen LogP contribution in [0.25, 0.3) is 0 Å². The summed E-state index contributed by atoms with van der Waals surface area (Å²) in [5.74, 6) is 0.539. The highest BCUT2D eigenvalue weighted by Gasteiger charge is 2.55. The molecule has 1 N–H and O–H groups in total. The molecule has 0 atom stereocenters. The Kier molecular flexibility index (Phi) is 7.66. The third-order valence-electron chi connectivity index (χ3n) is 8.19. The number of ether oxygens (including phenoxy) is 2. The zero-order valence-corrected chi connectivity index (χ0v) is 24.2. The molecule has 3 aromatic rings. The number of carbonyl (C=O) groups is 2. The molecule has 10 nitrogen and oxygen atoms in total. The molecule has 0 aliphatic carbocycles. The number of amides is 2. The van der Waals surface area contributed by atoms with Crippen molar-refractivity contribution in [2.75, 3.05) is 38.0 Å². The smallest absolute Gasteiger partial charge is 0.416 e. The van der Waals surface area contributed by atoms with Gasteiger partial charge in [-0.2, -0.15) is 17.5 Å². The molecule has 44 heavy (non-hydrogen) atoms. The SMILES string of the molecule is O=C(CN1CN(c2ccccc2)C2(CCN(S(=O)(=O)c3cccc(C(F)(F)F)c3)CC2)C1=O)NCc1ccc2c(c1)OCO2. The Morgan fingerprint density at radius 1 is 0.932 bits per heavy atom. The van der Waals surface area contributed by atoms with Crippen LogP contribution in [0, 0.1) is 0 Å². The number of hydrogen-bond donors (Lipinski definition) is 1. The number of hydrogen-bond acceptors (Lipinski definition) is 7. The molecule has 1 spiro atoms. The van der Waals surface area contributed by atoms with Crippen LogP contribution in [0.3, 0.4) is 0 Å². The number of alkyl halides is 3. The number of nitrogens with one attached hydrogen (secondary N) is 1. The Balaban J connectivity index is 1.17. The van der Waals surface area contributed by atoms with Crippen molar-refractivity contribution in [1.29, 1.82) is 0 Å². The molecule has 2 saturated heterocycles. The fourth-order valence-corrected chi connectivity index (χ4v) is 7.37. The summed E-state index contributed by atoms with van der Waals surface area (Å²) in [6.07, 6.45) is -4.51. The lowest BCUT2D eigenvalue weighted by Gasteiger charge is -2.42. The first-order chi connectivity index (χ1) is 21.0. The zero-order chi connectivity index (χ0) is 31.1. The average molecular weight is 631 g/mol. The molecular weight excluding hydrogens is 601 g/mol. The summed E-state index contributed by atoms with van der Waals surface area (Å²) in [6.45, 7) is 0.0845. The molecule has 14 heteroatoms. The van der Waals surface area contributed by atoms with Crippen molar-refractivity contribution < 1.29 is 40.7 Å². The zero-order valence-electron chi connectivity index (χ0n) is 23.4. The quantitative estimate of drug-likeness (QED) is 0.425. The van der Waals surface area contributed by atoms with Gasteiger partial charge in [0.15, 0.2) is 11.5 Å². The maximum Gasteiger partial charge on any atom is 0.416 e. The van der Waals surface area contributed by atoms with Gasteiger partial charge in [-0.25, -0.2) is 8.42 Å². The third-order valence-corrected chi connectivity index (χ3v) is 10.1. The van der Waals surface area contributed by atoms with Gasteiger partial charge in [0.25, 0.3) is 0 Å².